The Bertz CT molecular complexity index is 835. The maximum atomic E-state index is 13.9. The summed E-state index contributed by atoms with van der Waals surface area (Å²) in [6.07, 6.45) is 2.48. The molecule has 2 aromatic carbocycles. The van der Waals surface area contributed by atoms with E-state index in [1.54, 1.807) is 30.3 Å². The number of fused-ring (bicyclic) bond motifs is 1. The van der Waals surface area contributed by atoms with E-state index < -0.39 is 5.97 Å². The zero-order valence-electron chi connectivity index (χ0n) is 14.0. The molecule has 0 saturated carbocycles. The van der Waals surface area contributed by atoms with Crippen molar-refractivity contribution < 1.29 is 23.5 Å². The number of ether oxygens (including phenoxy) is 2. The number of hydrogen-bond acceptors (Lipinski definition) is 4. The van der Waals surface area contributed by atoms with E-state index in [9.17, 15) is 14.0 Å². The minimum atomic E-state index is -0.646. The number of ketones is 1. The van der Waals surface area contributed by atoms with Crippen LogP contribution < -0.4 is 0 Å². The van der Waals surface area contributed by atoms with Crippen molar-refractivity contribution >= 4 is 28.6 Å². The summed E-state index contributed by atoms with van der Waals surface area (Å²) in [5.74, 6) is -1.37. The van der Waals surface area contributed by atoms with Crippen molar-refractivity contribution in [3.05, 3.63) is 53.4 Å². The van der Waals surface area contributed by atoms with Gasteiger partial charge >= 0.3 is 5.97 Å². The molecule has 1 fully saturated rings. The Balaban J connectivity index is 1.94. The lowest BCUT2D eigenvalue weighted by atomic mass is 10.0. The van der Waals surface area contributed by atoms with Gasteiger partial charge in [-0.25, -0.2) is 9.18 Å². The predicted molar refractivity (Wildman–Crippen MR) is 92.5 cm³/mol. The van der Waals surface area contributed by atoms with E-state index in [4.69, 9.17) is 9.47 Å². The van der Waals surface area contributed by atoms with Crippen molar-refractivity contribution in [1.82, 2.24) is 0 Å². The SMILES string of the molecule is CC(=O)C(=Cc1ccc(F)c2ccccc12)C(=O)OC1CCOCC1. The molecule has 1 saturated heterocycles. The zero-order chi connectivity index (χ0) is 17.8. The molecule has 0 atom stereocenters. The van der Waals surface area contributed by atoms with Gasteiger partial charge in [0.05, 0.1) is 13.2 Å². The maximum absolute atomic E-state index is 13.9. The monoisotopic (exact) mass is 342 g/mol. The second-order valence-corrected chi connectivity index (χ2v) is 6.01. The summed E-state index contributed by atoms with van der Waals surface area (Å²) >= 11 is 0. The second-order valence-electron chi connectivity index (χ2n) is 6.01. The van der Waals surface area contributed by atoms with Gasteiger partial charge in [0.15, 0.2) is 5.78 Å². The van der Waals surface area contributed by atoms with Crippen molar-refractivity contribution in [3.63, 3.8) is 0 Å². The Morgan fingerprint density at radius 2 is 1.80 bits per heavy atom. The van der Waals surface area contributed by atoms with E-state index in [0.717, 1.165) is 0 Å². The molecule has 0 aromatic heterocycles. The molecule has 0 N–H and O–H groups in total. The van der Waals surface area contributed by atoms with Crippen LogP contribution in [0.25, 0.3) is 16.8 Å². The van der Waals surface area contributed by atoms with Crippen LogP contribution in [0, 0.1) is 5.82 Å². The highest BCUT2D eigenvalue weighted by Crippen LogP contribution is 2.24. The minimum Gasteiger partial charge on any atom is -0.459 e. The van der Waals surface area contributed by atoms with E-state index in [2.05, 4.69) is 0 Å². The van der Waals surface area contributed by atoms with E-state index in [1.807, 2.05) is 0 Å². The number of benzene rings is 2. The van der Waals surface area contributed by atoms with Crippen LogP contribution in [0.4, 0.5) is 4.39 Å². The predicted octanol–water partition coefficient (Wildman–Crippen LogP) is 3.67. The fraction of sp³-hybridized carbons (Fsp3) is 0.300. The molecule has 0 aliphatic carbocycles. The molecule has 0 bridgehead atoms. The first-order valence-corrected chi connectivity index (χ1v) is 8.25. The summed E-state index contributed by atoms with van der Waals surface area (Å²) in [5, 5.41) is 1.08. The van der Waals surface area contributed by atoms with Gasteiger partial charge in [-0.2, -0.15) is 0 Å². The van der Waals surface area contributed by atoms with Gasteiger partial charge < -0.3 is 9.47 Å². The van der Waals surface area contributed by atoms with Crippen LogP contribution in [0.2, 0.25) is 0 Å². The van der Waals surface area contributed by atoms with Gasteiger partial charge in [-0.05, 0) is 30.0 Å². The molecule has 1 heterocycles. The average molecular weight is 342 g/mol. The topological polar surface area (TPSA) is 52.6 Å². The Kier molecular flexibility index (Phi) is 5.24. The van der Waals surface area contributed by atoms with E-state index in [1.165, 1.54) is 19.1 Å². The molecule has 0 radical (unpaired) electrons. The van der Waals surface area contributed by atoms with Crippen LogP contribution >= 0.6 is 0 Å². The van der Waals surface area contributed by atoms with Crippen molar-refractivity contribution in [2.24, 2.45) is 0 Å². The Morgan fingerprint density at radius 1 is 1.12 bits per heavy atom. The summed E-state index contributed by atoms with van der Waals surface area (Å²) in [6.45, 7) is 2.40. The highest BCUT2D eigenvalue weighted by atomic mass is 19.1. The molecule has 0 spiro atoms. The summed E-state index contributed by atoms with van der Waals surface area (Å²) in [4.78, 5) is 24.4. The molecule has 25 heavy (non-hydrogen) atoms. The van der Waals surface area contributed by atoms with Crippen molar-refractivity contribution in [3.8, 4) is 0 Å². The summed E-state index contributed by atoms with van der Waals surface area (Å²) in [6, 6.07) is 9.83. The summed E-state index contributed by atoms with van der Waals surface area (Å²) in [7, 11) is 0. The molecule has 4 nitrogen and oxygen atoms in total. The highest BCUT2D eigenvalue weighted by molar-refractivity contribution is 6.20. The van der Waals surface area contributed by atoms with E-state index in [0.29, 0.717) is 42.4 Å². The van der Waals surface area contributed by atoms with E-state index in [-0.39, 0.29) is 23.3 Å². The molecule has 5 heteroatoms. The fourth-order valence-electron chi connectivity index (χ4n) is 2.88. The van der Waals surface area contributed by atoms with Gasteiger partial charge in [0.2, 0.25) is 0 Å². The largest absolute Gasteiger partial charge is 0.459 e. The molecule has 1 aliphatic heterocycles. The van der Waals surface area contributed by atoms with Crippen LogP contribution in [-0.4, -0.2) is 31.1 Å². The zero-order valence-corrected chi connectivity index (χ0v) is 14.0. The second kappa shape index (κ2) is 7.57. The lowest BCUT2D eigenvalue weighted by molar-refractivity contribution is -0.149. The molecule has 1 aliphatic rings. The van der Waals surface area contributed by atoms with Gasteiger partial charge in [-0.1, -0.05) is 30.3 Å². The first kappa shape index (κ1) is 17.3. The number of halogens is 1. The van der Waals surface area contributed by atoms with Crippen LogP contribution in [0.1, 0.15) is 25.3 Å². The van der Waals surface area contributed by atoms with Crippen LogP contribution in [0.5, 0.6) is 0 Å². The van der Waals surface area contributed by atoms with Crippen LogP contribution in [0.3, 0.4) is 0 Å². The normalized spacial score (nSPS) is 16.0. The molecule has 0 amide bonds. The quantitative estimate of drug-likeness (QED) is 0.368. The number of hydrogen-bond donors (Lipinski definition) is 0. The third-order valence-electron chi connectivity index (χ3n) is 4.25. The summed E-state index contributed by atoms with van der Waals surface area (Å²) in [5.41, 5.74) is 0.564. The van der Waals surface area contributed by atoms with E-state index >= 15 is 0 Å². The van der Waals surface area contributed by atoms with Crippen molar-refractivity contribution in [1.29, 1.82) is 0 Å². The first-order valence-electron chi connectivity index (χ1n) is 8.25. The van der Waals surface area contributed by atoms with Gasteiger partial charge in [-0.15, -0.1) is 0 Å². The number of carbonyl (C=O) groups excluding carboxylic acids is 2. The van der Waals surface area contributed by atoms with Crippen LogP contribution in [-0.2, 0) is 19.1 Å². The maximum Gasteiger partial charge on any atom is 0.342 e. The molecular formula is C20H19FO4. The Morgan fingerprint density at radius 3 is 2.48 bits per heavy atom. The molecule has 130 valence electrons. The minimum absolute atomic E-state index is 0.0387. The summed E-state index contributed by atoms with van der Waals surface area (Å²) < 4.78 is 24.6. The Hall–Kier alpha value is -2.53. The third-order valence-corrected chi connectivity index (χ3v) is 4.25. The molecule has 3 rings (SSSR count). The number of carbonyl (C=O) groups is 2. The smallest absolute Gasteiger partial charge is 0.342 e. The molecular weight excluding hydrogens is 323 g/mol. The number of esters is 1. The molecule has 0 unspecified atom stereocenters. The van der Waals surface area contributed by atoms with Crippen LogP contribution in [0.15, 0.2) is 42.0 Å². The number of Topliss-reactive ketones (excluding diaryl/α,β-unsaturated/α-hetero) is 1. The lowest BCUT2D eigenvalue weighted by Gasteiger charge is -2.22. The number of rotatable bonds is 4. The van der Waals surface area contributed by atoms with Gasteiger partial charge in [0.25, 0.3) is 0 Å². The highest BCUT2D eigenvalue weighted by Gasteiger charge is 2.23. The third kappa shape index (κ3) is 3.94. The van der Waals surface area contributed by atoms with Gasteiger partial charge in [0, 0.05) is 18.2 Å². The first-order chi connectivity index (χ1) is 12.1. The van der Waals surface area contributed by atoms with Crippen molar-refractivity contribution in [2.45, 2.75) is 25.9 Å². The lowest BCUT2D eigenvalue weighted by Crippen LogP contribution is -2.27. The van der Waals surface area contributed by atoms with Crippen molar-refractivity contribution in [2.75, 3.05) is 13.2 Å². The van der Waals surface area contributed by atoms with Gasteiger partial charge in [0.1, 0.15) is 17.5 Å². The average Bonchev–Trinajstić information content (AvgIpc) is 2.62. The fourth-order valence-corrected chi connectivity index (χ4v) is 2.88. The van der Waals surface area contributed by atoms with Gasteiger partial charge in [-0.3, -0.25) is 4.79 Å². The standard InChI is InChI=1S/C20H19FO4/c1-13(22)18(20(23)25-15-8-10-24-11-9-15)12-14-6-7-19(21)17-5-3-2-4-16(14)17/h2-7,12,15H,8-11H2,1H3. The molecule has 2 aromatic rings. The Labute approximate surface area is 145 Å².